The lowest BCUT2D eigenvalue weighted by Gasteiger charge is -2.30. The first-order chi connectivity index (χ1) is 12.1. The second kappa shape index (κ2) is 8.40. The van der Waals surface area contributed by atoms with E-state index in [0.717, 1.165) is 12.8 Å². The Balaban J connectivity index is 1.48. The van der Waals surface area contributed by atoms with Crippen molar-refractivity contribution in [3.8, 4) is 0 Å². The van der Waals surface area contributed by atoms with Gasteiger partial charge in [0.1, 0.15) is 5.82 Å². The zero-order valence-corrected chi connectivity index (χ0v) is 14.2. The first kappa shape index (κ1) is 17.8. The predicted molar refractivity (Wildman–Crippen MR) is 93.0 cm³/mol. The Morgan fingerprint density at radius 2 is 2.00 bits per heavy atom. The summed E-state index contributed by atoms with van der Waals surface area (Å²) >= 11 is 0. The first-order valence-corrected chi connectivity index (χ1v) is 8.95. The van der Waals surface area contributed by atoms with Crippen LogP contribution in [0.2, 0.25) is 0 Å². The smallest absolute Gasteiger partial charge is 0.243 e. The van der Waals surface area contributed by atoms with Crippen LogP contribution in [0, 0.1) is 17.7 Å². The minimum Gasteiger partial charge on any atom is -0.347 e. The van der Waals surface area contributed by atoms with Crippen molar-refractivity contribution in [2.24, 2.45) is 11.8 Å². The van der Waals surface area contributed by atoms with Gasteiger partial charge in [0, 0.05) is 18.3 Å². The number of hydrogen-bond acceptors (Lipinski definition) is 4. The molecule has 0 radical (unpaired) electrons. The third-order valence-electron chi connectivity index (χ3n) is 5.05. The molecule has 2 aliphatic rings. The van der Waals surface area contributed by atoms with Gasteiger partial charge < -0.3 is 10.6 Å². The zero-order chi connectivity index (χ0) is 17.6. The SMILES string of the molecule is O=C(CNC(=O)C1CNNC1C1CCCCC1)Nc1cccc(F)c1. The molecular formula is C18H25FN4O2. The lowest BCUT2D eigenvalue weighted by atomic mass is 9.79. The largest absolute Gasteiger partial charge is 0.347 e. The maximum atomic E-state index is 13.1. The number of nitrogens with one attached hydrogen (secondary N) is 4. The number of anilines is 1. The van der Waals surface area contributed by atoms with E-state index >= 15 is 0 Å². The molecule has 136 valence electrons. The van der Waals surface area contributed by atoms with Crippen molar-refractivity contribution in [2.45, 2.75) is 38.1 Å². The Kier molecular flexibility index (Phi) is 5.99. The number of hydrogen-bond donors (Lipinski definition) is 4. The molecule has 6 nitrogen and oxygen atoms in total. The lowest BCUT2D eigenvalue weighted by molar-refractivity contribution is -0.127. The first-order valence-electron chi connectivity index (χ1n) is 8.95. The molecular weight excluding hydrogens is 323 g/mol. The van der Waals surface area contributed by atoms with E-state index in [1.54, 1.807) is 6.07 Å². The highest BCUT2D eigenvalue weighted by Gasteiger charge is 2.38. The third kappa shape index (κ3) is 4.76. The minimum absolute atomic E-state index is 0.117. The molecule has 1 aliphatic carbocycles. The summed E-state index contributed by atoms with van der Waals surface area (Å²) in [5, 5.41) is 5.28. The van der Waals surface area contributed by atoms with Crippen molar-refractivity contribution in [1.82, 2.24) is 16.2 Å². The zero-order valence-electron chi connectivity index (χ0n) is 14.2. The van der Waals surface area contributed by atoms with E-state index in [-0.39, 0.29) is 30.3 Å². The minimum atomic E-state index is -0.416. The highest BCUT2D eigenvalue weighted by atomic mass is 19.1. The van der Waals surface area contributed by atoms with Crippen LogP contribution >= 0.6 is 0 Å². The van der Waals surface area contributed by atoms with Crippen LogP contribution in [0.4, 0.5) is 10.1 Å². The number of halogens is 1. The van der Waals surface area contributed by atoms with Gasteiger partial charge in [0.05, 0.1) is 12.5 Å². The molecule has 0 bridgehead atoms. The standard InChI is InChI=1S/C18H25FN4O2/c19-13-7-4-8-14(9-13)22-16(24)11-20-18(25)15-10-21-23-17(15)12-5-2-1-3-6-12/h4,7-9,12,15,17,21,23H,1-3,5-6,10-11H2,(H,20,25)(H,22,24). The van der Waals surface area contributed by atoms with Crippen LogP contribution in [-0.4, -0.2) is 30.9 Å². The van der Waals surface area contributed by atoms with Crippen molar-refractivity contribution in [2.75, 3.05) is 18.4 Å². The van der Waals surface area contributed by atoms with Gasteiger partial charge in [-0.1, -0.05) is 25.3 Å². The van der Waals surface area contributed by atoms with Gasteiger partial charge in [0.15, 0.2) is 0 Å². The Morgan fingerprint density at radius 3 is 2.76 bits per heavy atom. The molecule has 2 unspecified atom stereocenters. The van der Waals surface area contributed by atoms with Gasteiger partial charge in [-0.05, 0) is 37.0 Å². The van der Waals surface area contributed by atoms with E-state index in [1.807, 2.05) is 0 Å². The van der Waals surface area contributed by atoms with Crippen molar-refractivity contribution < 1.29 is 14.0 Å². The Morgan fingerprint density at radius 1 is 1.20 bits per heavy atom. The number of carbonyl (C=O) groups is 2. The van der Waals surface area contributed by atoms with Gasteiger partial charge in [0.2, 0.25) is 11.8 Å². The van der Waals surface area contributed by atoms with Gasteiger partial charge in [-0.2, -0.15) is 0 Å². The van der Waals surface area contributed by atoms with Gasteiger partial charge in [-0.3, -0.25) is 20.4 Å². The summed E-state index contributed by atoms with van der Waals surface area (Å²) < 4.78 is 13.1. The highest BCUT2D eigenvalue weighted by molar-refractivity contribution is 5.94. The topological polar surface area (TPSA) is 82.3 Å². The molecule has 0 aromatic heterocycles. The maximum absolute atomic E-state index is 13.1. The van der Waals surface area contributed by atoms with E-state index in [1.165, 1.54) is 37.5 Å². The quantitative estimate of drug-likeness (QED) is 0.651. The average Bonchev–Trinajstić information content (AvgIpc) is 3.10. The summed E-state index contributed by atoms with van der Waals surface area (Å²) in [6.45, 7) is 0.446. The molecule has 1 aliphatic heterocycles. The predicted octanol–water partition coefficient (Wildman–Crippen LogP) is 1.55. The second-order valence-electron chi connectivity index (χ2n) is 6.83. The number of amides is 2. The molecule has 1 saturated heterocycles. The molecule has 7 heteroatoms. The Hall–Kier alpha value is -1.99. The molecule has 3 rings (SSSR count). The van der Waals surface area contributed by atoms with Gasteiger partial charge in [0.25, 0.3) is 0 Å². The van der Waals surface area contributed by atoms with Crippen LogP contribution in [0.15, 0.2) is 24.3 Å². The summed E-state index contributed by atoms with van der Waals surface area (Å²) in [6, 6.07) is 5.79. The molecule has 2 amide bonds. The van der Waals surface area contributed by atoms with Gasteiger partial charge in [-0.25, -0.2) is 4.39 Å². The number of carbonyl (C=O) groups excluding carboxylic acids is 2. The van der Waals surface area contributed by atoms with E-state index in [4.69, 9.17) is 0 Å². The molecule has 2 atom stereocenters. The Labute approximate surface area is 146 Å². The number of hydrazine groups is 1. The average molecular weight is 348 g/mol. The van der Waals surface area contributed by atoms with Crippen LogP contribution in [0.5, 0.6) is 0 Å². The Bertz CT molecular complexity index is 619. The van der Waals surface area contributed by atoms with Gasteiger partial charge in [-0.15, -0.1) is 0 Å². The summed E-state index contributed by atoms with van der Waals surface area (Å²) in [5.41, 5.74) is 6.70. The molecule has 1 aromatic rings. The van der Waals surface area contributed by atoms with E-state index in [0.29, 0.717) is 18.2 Å². The van der Waals surface area contributed by atoms with Crippen LogP contribution in [0.1, 0.15) is 32.1 Å². The summed E-state index contributed by atoms with van der Waals surface area (Å²) in [5.74, 6) is -0.583. The second-order valence-corrected chi connectivity index (χ2v) is 6.83. The van der Waals surface area contributed by atoms with Crippen LogP contribution in [0.25, 0.3) is 0 Å². The fraction of sp³-hybridized carbons (Fsp3) is 0.556. The van der Waals surface area contributed by atoms with Crippen molar-refractivity contribution in [3.05, 3.63) is 30.1 Å². The number of benzene rings is 1. The molecule has 4 N–H and O–H groups in total. The van der Waals surface area contributed by atoms with E-state index < -0.39 is 5.82 Å². The van der Waals surface area contributed by atoms with Crippen molar-refractivity contribution in [1.29, 1.82) is 0 Å². The maximum Gasteiger partial charge on any atom is 0.243 e. The molecule has 25 heavy (non-hydrogen) atoms. The number of rotatable bonds is 5. The van der Waals surface area contributed by atoms with E-state index in [9.17, 15) is 14.0 Å². The third-order valence-corrected chi connectivity index (χ3v) is 5.05. The van der Waals surface area contributed by atoms with Crippen molar-refractivity contribution >= 4 is 17.5 Å². The molecule has 1 aromatic carbocycles. The molecule has 1 saturated carbocycles. The fourth-order valence-electron chi connectivity index (χ4n) is 3.78. The van der Waals surface area contributed by atoms with Crippen LogP contribution < -0.4 is 21.5 Å². The molecule has 2 fully saturated rings. The highest BCUT2D eigenvalue weighted by Crippen LogP contribution is 2.30. The van der Waals surface area contributed by atoms with Crippen molar-refractivity contribution in [3.63, 3.8) is 0 Å². The normalized spacial score (nSPS) is 24.0. The fourth-order valence-corrected chi connectivity index (χ4v) is 3.78. The van der Waals surface area contributed by atoms with Crippen LogP contribution in [-0.2, 0) is 9.59 Å². The molecule has 1 heterocycles. The summed E-state index contributed by atoms with van der Waals surface area (Å²) in [6.07, 6.45) is 5.99. The lowest BCUT2D eigenvalue weighted by Crippen LogP contribution is -2.45. The summed E-state index contributed by atoms with van der Waals surface area (Å²) in [7, 11) is 0. The molecule has 0 spiro atoms. The van der Waals surface area contributed by atoms with Gasteiger partial charge >= 0.3 is 0 Å². The summed E-state index contributed by atoms with van der Waals surface area (Å²) in [4.78, 5) is 24.4. The monoisotopic (exact) mass is 348 g/mol. The van der Waals surface area contributed by atoms with Crippen LogP contribution in [0.3, 0.4) is 0 Å². The van der Waals surface area contributed by atoms with E-state index in [2.05, 4.69) is 21.5 Å².